The topological polar surface area (TPSA) is 86.8 Å². The van der Waals surface area contributed by atoms with Gasteiger partial charge >= 0.3 is 0 Å². The molecule has 3 aromatic carbocycles. The number of sulfonamides is 1. The van der Waals surface area contributed by atoms with Crippen LogP contribution in [0.5, 0.6) is 0 Å². The Labute approximate surface area is 240 Å². The molecule has 0 saturated heterocycles. The van der Waals surface area contributed by atoms with E-state index in [1.54, 1.807) is 56.3 Å². The lowest BCUT2D eigenvalue weighted by Crippen LogP contribution is -2.54. The van der Waals surface area contributed by atoms with E-state index in [4.69, 9.17) is 0 Å². The second-order valence-electron chi connectivity index (χ2n) is 10.7. The fraction of sp³-hybridized carbons (Fsp3) is 0.333. The van der Waals surface area contributed by atoms with E-state index in [-0.39, 0.29) is 17.3 Å². The van der Waals surface area contributed by atoms with Crippen molar-refractivity contribution in [2.45, 2.75) is 64.6 Å². The van der Waals surface area contributed by atoms with Gasteiger partial charge in [-0.3, -0.25) is 13.9 Å². The molecule has 0 aliphatic carbocycles. The second kappa shape index (κ2) is 12.3. The molecule has 0 heterocycles. The fourth-order valence-electron chi connectivity index (χ4n) is 4.04. The molecule has 0 bridgehead atoms. The van der Waals surface area contributed by atoms with Crippen LogP contribution in [-0.4, -0.2) is 43.3 Å². The minimum atomic E-state index is -4.10. The van der Waals surface area contributed by atoms with Gasteiger partial charge < -0.3 is 10.2 Å². The molecular formula is C30H36BrN3O4S. The van der Waals surface area contributed by atoms with Gasteiger partial charge in [0.2, 0.25) is 11.8 Å². The predicted molar refractivity (Wildman–Crippen MR) is 159 cm³/mol. The lowest BCUT2D eigenvalue weighted by atomic mass is 10.1. The van der Waals surface area contributed by atoms with Gasteiger partial charge in [0, 0.05) is 16.6 Å². The maximum absolute atomic E-state index is 14.0. The molecule has 0 radical (unpaired) electrons. The Bertz CT molecular complexity index is 1420. The van der Waals surface area contributed by atoms with E-state index in [0.29, 0.717) is 11.3 Å². The number of amides is 2. The first-order valence-electron chi connectivity index (χ1n) is 12.7. The van der Waals surface area contributed by atoms with Crippen molar-refractivity contribution in [3.8, 4) is 0 Å². The van der Waals surface area contributed by atoms with E-state index in [1.807, 2.05) is 58.0 Å². The van der Waals surface area contributed by atoms with Gasteiger partial charge in [-0.2, -0.15) is 0 Å². The predicted octanol–water partition coefficient (Wildman–Crippen LogP) is 5.59. The third-order valence-corrected chi connectivity index (χ3v) is 8.51. The van der Waals surface area contributed by atoms with Crippen LogP contribution in [0.25, 0.3) is 0 Å². The molecule has 9 heteroatoms. The smallest absolute Gasteiger partial charge is 0.264 e. The Morgan fingerprint density at radius 1 is 0.923 bits per heavy atom. The Kier molecular flexibility index (Phi) is 9.61. The molecule has 0 aliphatic rings. The molecule has 0 fully saturated rings. The standard InChI is InChI=1S/C30H36BrN3O4S/c1-21-11-17-26(18-12-21)39(37,38)34(27-10-8-7-9-22(27)2)20-28(35)33(19-24-13-15-25(31)16-14-24)23(3)29(36)32-30(4,5)6/h7-18,23H,19-20H2,1-6H3,(H,32,36)/t23-/m1/s1. The number of hydrogen-bond acceptors (Lipinski definition) is 4. The third kappa shape index (κ3) is 7.92. The molecule has 3 rings (SSSR count). The fourth-order valence-corrected chi connectivity index (χ4v) is 5.78. The van der Waals surface area contributed by atoms with E-state index in [1.165, 1.54) is 4.90 Å². The van der Waals surface area contributed by atoms with Gasteiger partial charge in [-0.25, -0.2) is 8.42 Å². The number of para-hydroxylation sites is 1. The first-order chi connectivity index (χ1) is 18.2. The van der Waals surface area contributed by atoms with E-state index in [2.05, 4.69) is 21.2 Å². The van der Waals surface area contributed by atoms with E-state index < -0.39 is 34.1 Å². The molecular weight excluding hydrogens is 578 g/mol. The monoisotopic (exact) mass is 613 g/mol. The number of hydrogen-bond donors (Lipinski definition) is 1. The molecule has 0 aromatic heterocycles. The van der Waals surface area contributed by atoms with E-state index in [0.717, 1.165) is 19.9 Å². The van der Waals surface area contributed by atoms with Crippen molar-refractivity contribution in [3.05, 3.63) is 94.0 Å². The SMILES string of the molecule is Cc1ccc(S(=O)(=O)N(CC(=O)N(Cc2ccc(Br)cc2)[C@H](C)C(=O)NC(C)(C)C)c2ccccc2C)cc1. The number of halogens is 1. The zero-order valence-electron chi connectivity index (χ0n) is 23.2. The van der Waals surface area contributed by atoms with Crippen molar-refractivity contribution in [2.75, 3.05) is 10.8 Å². The summed E-state index contributed by atoms with van der Waals surface area (Å²) in [6.45, 7) is 10.6. The number of benzene rings is 3. The number of carbonyl (C=O) groups is 2. The van der Waals surface area contributed by atoms with Crippen LogP contribution in [-0.2, 0) is 26.2 Å². The lowest BCUT2D eigenvalue weighted by Gasteiger charge is -2.33. The zero-order valence-corrected chi connectivity index (χ0v) is 25.6. The molecule has 7 nitrogen and oxygen atoms in total. The maximum atomic E-state index is 14.0. The normalized spacial score (nSPS) is 12.5. The van der Waals surface area contributed by atoms with Crippen LogP contribution < -0.4 is 9.62 Å². The molecule has 2 amide bonds. The van der Waals surface area contributed by atoms with Gasteiger partial charge in [-0.15, -0.1) is 0 Å². The molecule has 0 saturated carbocycles. The number of aryl methyl sites for hydroxylation is 2. The van der Waals surface area contributed by atoms with Gasteiger partial charge in [0.25, 0.3) is 10.0 Å². The lowest BCUT2D eigenvalue weighted by molar-refractivity contribution is -0.140. The highest BCUT2D eigenvalue weighted by molar-refractivity contribution is 9.10. The third-order valence-electron chi connectivity index (χ3n) is 6.20. The molecule has 3 aromatic rings. The molecule has 1 atom stereocenters. The van der Waals surface area contributed by atoms with Gasteiger partial charge in [-0.05, 0) is 83.0 Å². The average molecular weight is 615 g/mol. The van der Waals surface area contributed by atoms with E-state index >= 15 is 0 Å². The Morgan fingerprint density at radius 3 is 2.08 bits per heavy atom. The first-order valence-corrected chi connectivity index (χ1v) is 14.9. The quantitative estimate of drug-likeness (QED) is 0.341. The largest absolute Gasteiger partial charge is 0.350 e. The van der Waals surface area contributed by atoms with Crippen LogP contribution >= 0.6 is 15.9 Å². The summed E-state index contributed by atoms with van der Waals surface area (Å²) < 4.78 is 29.8. The summed E-state index contributed by atoms with van der Waals surface area (Å²) >= 11 is 3.42. The highest BCUT2D eigenvalue weighted by Crippen LogP contribution is 2.27. The van der Waals surface area contributed by atoms with Crippen LogP contribution in [0, 0.1) is 13.8 Å². The number of rotatable bonds is 9. The first kappa shape index (κ1) is 30.4. The number of anilines is 1. The Hall–Kier alpha value is -3.17. The summed E-state index contributed by atoms with van der Waals surface area (Å²) in [5.41, 5.74) is 2.35. The zero-order chi connectivity index (χ0) is 29.0. The van der Waals surface area contributed by atoms with Crippen molar-refractivity contribution in [1.82, 2.24) is 10.2 Å². The van der Waals surface area contributed by atoms with Crippen molar-refractivity contribution < 1.29 is 18.0 Å². The van der Waals surface area contributed by atoms with Gasteiger partial charge in [0.15, 0.2) is 0 Å². The van der Waals surface area contributed by atoms with Gasteiger partial charge in [0.05, 0.1) is 10.6 Å². The average Bonchev–Trinajstić information content (AvgIpc) is 2.86. The van der Waals surface area contributed by atoms with Crippen LogP contribution in [0.4, 0.5) is 5.69 Å². The summed E-state index contributed by atoms with van der Waals surface area (Å²) in [6, 6.07) is 20.2. The van der Waals surface area contributed by atoms with Crippen LogP contribution in [0.2, 0.25) is 0 Å². The number of carbonyl (C=O) groups excluding carboxylic acids is 2. The summed E-state index contributed by atoms with van der Waals surface area (Å²) in [4.78, 5) is 28.7. The van der Waals surface area contributed by atoms with Crippen molar-refractivity contribution in [2.24, 2.45) is 0 Å². The van der Waals surface area contributed by atoms with Gasteiger partial charge in [0.1, 0.15) is 12.6 Å². The van der Waals surface area contributed by atoms with Crippen LogP contribution in [0.15, 0.2) is 82.2 Å². The molecule has 0 aliphatic heterocycles. The van der Waals surface area contributed by atoms with E-state index in [9.17, 15) is 18.0 Å². The molecule has 208 valence electrons. The molecule has 39 heavy (non-hydrogen) atoms. The molecule has 0 spiro atoms. The summed E-state index contributed by atoms with van der Waals surface area (Å²) in [5.74, 6) is -0.815. The van der Waals surface area contributed by atoms with Gasteiger partial charge in [-0.1, -0.05) is 64.0 Å². The highest BCUT2D eigenvalue weighted by atomic mass is 79.9. The minimum absolute atomic E-state index is 0.0853. The molecule has 1 N–H and O–H groups in total. The summed E-state index contributed by atoms with van der Waals surface area (Å²) in [6.07, 6.45) is 0. The summed E-state index contributed by atoms with van der Waals surface area (Å²) in [7, 11) is -4.10. The molecule has 0 unspecified atom stereocenters. The minimum Gasteiger partial charge on any atom is -0.350 e. The Morgan fingerprint density at radius 2 is 1.51 bits per heavy atom. The van der Waals surface area contributed by atoms with Crippen molar-refractivity contribution in [3.63, 3.8) is 0 Å². The highest BCUT2D eigenvalue weighted by Gasteiger charge is 2.33. The maximum Gasteiger partial charge on any atom is 0.264 e. The van der Waals surface area contributed by atoms with Crippen molar-refractivity contribution >= 4 is 43.5 Å². The number of nitrogens with zero attached hydrogens (tertiary/aromatic N) is 2. The van der Waals surface area contributed by atoms with Crippen LogP contribution in [0.1, 0.15) is 44.4 Å². The van der Waals surface area contributed by atoms with Crippen molar-refractivity contribution in [1.29, 1.82) is 0 Å². The number of nitrogens with one attached hydrogen (secondary N) is 1. The Balaban J connectivity index is 2.04. The van der Waals surface area contributed by atoms with Crippen LogP contribution in [0.3, 0.4) is 0 Å². The summed E-state index contributed by atoms with van der Waals surface area (Å²) in [5, 5.41) is 2.93. The second-order valence-corrected chi connectivity index (χ2v) is 13.5.